The molecule has 1 atom stereocenters. The topological polar surface area (TPSA) is 99.5 Å². The van der Waals surface area contributed by atoms with Gasteiger partial charge in [0.15, 0.2) is 5.69 Å². The lowest BCUT2D eigenvalue weighted by molar-refractivity contribution is 0.0934. The molecule has 2 aromatic heterocycles. The van der Waals surface area contributed by atoms with Crippen LogP contribution in [0, 0.1) is 0 Å². The standard InChI is InChI=1S/C25H20N4O3/c1-15(16-8-10-20(30)11-9-16)26-24(31)21-13-23-25(32)27-22(14-29(23)28-21)19-7-6-17-4-2-3-5-18(17)12-19/h2-15,30H,1H3,(H,26,31)(H,27,32). The van der Waals surface area contributed by atoms with Crippen LogP contribution in [0.5, 0.6) is 5.75 Å². The third-order valence-corrected chi connectivity index (χ3v) is 5.50. The molecule has 7 heteroatoms. The number of rotatable bonds is 4. The molecule has 0 aliphatic rings. The molecule has 158 valence electrons. The molecule has 0 saturated carbocycles. The Morgan fingerprint density at radius 2 is 1.78 bits per heavy atom. The molecule has 0 bridgehead atoms. The zero-order chi connectivity index (χ0) is 22.2. The number of aromatic nitrogens is 3. The van der Waals surface area contributed by atoms with Crippen molar-refractivity contribution in [2.75, 3.05) is 0 Å². The third kappa shape index (κ3) is 3.60. The van der Waals surface area contributed by atoms with E-state index in [9.17, 15) is 14.7 Å². The van der Waals surface area contributed by atoms with Crippen LogP contribution in [0.4, 0.5) is 0 Å². The first-order valence-corrected chi connectivity index (χ1v) is 10.2. The molecule has 0 saturated heterocycles. The van der Waals surface area contributed by atoms with Crippen molar-refractivity contribution >= 4 is 22.2 Å². The number of carbonyl (C=O) groups excluding carboxylic acids is 1. The van der Waals surface area contributed by atoms with Crippen LogP contribution in [0.3, 0.4) is 0 Å². The van der Waals surface area contributed by atoms with E-state index < -0.39 is 0 Å². The monoisotopic (exact) mass is 424 g/mol. The number of carbonyl (C=O) groups is 1. The van der Waals surface area contributed by atoms with Crippen molar-refractivity contribution in [3.05, 3.63) is 101 Å². The molecule has 0 spiro atoms. The average molecular weight is 424 g/mol. The van der Waals surface area contributed by atoms with Crippen molar-refractivity contribution in [1.29, 1.82) is 0 Å². The molecular weight excluding hydrogens is 404 g/mol. The molecule has 7 nitrogen and oxygen atoms in total. The van der Waals surface area contributed by atoms with E-state index in [1.54, 1.807) is 30.5 Å². The predicted octanol–water partition coefficient (Wildman–Crippen LogP) is 4.04. The molecule has 1 unspecified atom stereocenters. The number of fused-ring (bicyclic) bond motifs is 2. The van der Waals surface area contributed by atoms with Crippen LogP contribution >= 0.6 is 0 Å². The zero-order valence-electron chi connectivity index (χ0n) is 17.2. The minimum Gasteiger partial charge on any atom is -0.508 e. The van der Waals surface area contributed by atoms with Crippen LogP contribution in [0.2, 0.25) is 0 Å². The number of aromatic hydroxyl groups is 1. The predicted molar refractivity (Wildman–Crippen MR) is 123 cm³/mol. The largest absolute Gasteiger partial charge is 0.508 e. The van der Waals surface area contributed by atoms with Crippen LogP contribution in [0.25, 0.3) is 27.5 Å². The summed E-state index contributed by atoms with van der Waals surface area (Å²) >= 11 is 0. The lowest BCUT2D eigenvalue weighted by Crippen LogP contribution is -2.27. The van der Waals surface area contributed by atoms with Gasteiger partial charge in [-0.15, -0.1) is 0 Å². The van der Waals surface area contributed by atoms with Gasteiger partial charge in [0.1, 0.15) is 11.3 Å². The molecule has 1 amide bonds. The summed E-state index contributed by atoms with van der Waals surface area (Å²) in [5.41, 5.74) is 2.42. The lowest BCUT2D eigenvalue weighted by atomic mass is 10.1. The summed E-state index contributed by atoms with van der Waals surface area (Å²) in [6, 6.07) is 21.7. The van der Waals surface area contributed by atoms with Gasteiger partial charge in [0.2, 0.25) is 0 Å². The highest BCUT2D eigenvalue weighted by atomic mass is 16.3. The highest BCUT2D eigenvalue weighted by Crippen LogP contribution is 2.23. The van der Waals surface area contributed by atoms with Crippen molar-refractivity contribution in [2.45, 2.75) is 13.0 Å². The number of H-pyrrole nitrogens is 1. The number of nitrogens with one attached hydrogen (secondary N) is 2. The summed E-state index contributed by atoms with van der Waals surface area (Å²) in [6.07, 6.45) is 1.71. The van der Waals surface area contributed by atoms with E-state index in [4.69, 9.17) is 0 Å². The van der Waals surface area contributed by atoms with Gasteiger partial charge in [-0.25, -0.2) is 4.52 Å². The molecule has 3 N–H and O–H groups in total. The van der Waals surface area contributed by atoms with Gasteiger partial charge in [-0.1, -0.05) is 48.5 Å². The maximum absolute atomic E-state index is 12.7. The minimum atomic E-state index is -0.388. The third-order valence-electron chi connectivity index (χ3n) is 5.50. The number of nitrogens with zero attached hydrogens (tertiary/aromatic N) is 2. The van der Waals surface area contributed by atoms with E-state index in [1.165, 1.54) is 10.6 Å². The van der Waals surface area contributed by atoms with Crippen LogP contribution in [-0.4, -0.2) is 25.6 Å². The Balaban J connectivity index is 1.45. The van der Waals surface area contributed by atoms with E-state index >= 15 is 0 Å². The van der Waals surface area contributed by atoms with Crippen LogP contribution in [0.1, 0.15) is 29.0 Å². The summed E-state index contributed by atoms with van der Waals surface area (Å²) in [5.74, 6) is -0.227. The summed E-state index contributed by atoms with van der Waals surface area (Å²) in [6.45, 7) is 1.84. The zero-order valence-corrected chi connectivity index (χ0v) is 17.2. The van der Waals surface area contributed by atoms with E-state index in [2.05, 4.69) is 15.4 Å². The number of aromatic amines is 1. The lowest BCUT2D eigenvalue weighted by Gasteiger charge is -2.13. The quantitative estimate of drug-likeness (QED) is 0.405. The van der Waals surface area contributed by atoms with Gasteiger partial charge in [-0.2, -0.15) is 5.10 Å². The first-order valence-electron chi connectivity index (χ1n) is 10.2. The number of benzene rings is 3. The second kappa shape index (κ2) is 7.70. The maximum atomic E-state index is 12.7. The smallest absolute Gasteiger partial charge is 0.274 e. The summed E-state index contributed by atoms with van der Waals surface area (Å²) in [7, 11) is 0. The first kappa shape index (κ1) is 19.6. The average Bonchev–Trinajstić information content (AvgIpc) is 3.24. The van der Waals surface area contributed by atoms with Crippen molar-refractivity contribution in [2.24, 2.45) is 0 Å². The molecule has 5 rings (SSSR count). The Kier molecular flexibility index (Phi) is 4.71. The molecule has 3 aromatic carbocycles. The van der Waals surface area contributed by atoms with Gasteiger partial charge in [-0.05, 0) is 41.5 Å². The maximum Gasteiger partial charge on any atom is 0.274 e. The number of amides is 1. The summed E-state index contributed by atoms with van der Waals surface area (Å²) in [5, 5.41) is 18.8. The molecule has 32 heavy (non-hydrogen) atoms. The number of hydrogen-bond donors (Lipinski definition) is 3. The van der Waals surface area contributed by atoms with Crippen molar-refractivity contribution in [1.82, 2.24) is 19.9 Å². The molecule has 0 aliphatic carbocycles. The molecule has 0 aliphatic heterocycles. The fraction of sp³-hybridized carbons (Fsp3) is 0.0800. The molecule has 5 aromatic rings. The van der Waals surface area contributed by atoms with Gasteiger partial charge in [0, 0.05) is 11.6 Å². The Bertz CT molecular complexity index is 1520. The van der Waals surface area contributed by atoms with Gasteiger partial charge in [0.05, 0.1) is 17.9 Å². The Morgan fingerprint density at radius 1 is 1.03 bits per heavy atom. The summed E-state index contributed by atoms with van der Waals surface area (Å²) in [4.78, 5) is 28.3. The number of phenolic OH excluding ortho intramolecular Hbond substituents is 1. The van der Waals surface area contributed by atoms with E-state index in [0.29, 0.717) is 5.69 Å². The minimum absolute atomic E-state index is 0.150. The molecule has 0 fully saturated rings. The van der Waals surface area contributed by atoms with Crippen molar-refractivity contribution < 1.29 is 9.90 Å². The highest BCUT2D eigenvalue weighted by Gasteiger charge is 2.17. The normalized spacial score (nSPS) is 12.2. The van der Waals surface area contributed by atoms with Gasteiger partial charge in [0.25, 0.3) is 11.5 Å². The van der Waals surface area contributed by atoms with Gasteiger partial charge >= 0.3 is 0 Å². The Hall–Kier alpha value is -4.39. The number of phenols is 1. The Labute approximate surface area is 183 Å². The number of hydrogen-bond acceptors (Lipinski definition) is 4. The van der Waals surface area contributed by atoms with E-state index in [0.717, 1.165) is 21.9 Å². The molecular formula is C25H20N4O3. The summed E-state index contributed by atoms with van der Waals surface area (Å²) < 4.78 is 1.43. The van der Waals surface area contributed by atoms with Crippen LogP contribution < -0.4 is 10.9 Å². The van der Waals surface area contributed by atoms with E-state index in [1.807, 2.05) is 49.4 Å². The van der Waals surface area contributed by atoms with Crippen LogP contribution in [-0.2, 0) is 0 Å². The van der Waals surface area contributed by atoms with Gasteiger partial charge < -0.3 is 15.4 Å². The Morgan fingerprint density at radius 3 is 2.56 bits per heavy atom. The van der Waals surface area contributed by atoms with Crippen LogP contribution in [0.15, 0.2) is 83.8 Å². The second-order valence-corrected chi connectivity index (χ2v) is 7.70. The van der Waals surface area contributed by atoms with Crippen molar-refractivity contribution in [3.8, 4) is 17.0 Å². The molecule has 2 heterocycles. The molecule has 0 radical (unpaired) electrons. The fourth-order valence-electron chi connectivity index (χ4n) is 3.73. The van der Waals surface area contributed by atoms with Gasteiger partial charge in [-0.3, -0.25) is 9.59 Å². The SMILES string of the molecule is CC(NC(=O)c1cc2c(=O)[nH]c(-c3ccc4ccccc4c3)cn2n1)c1ccc(O)cc1. The highest BCUT2D eigenvalue weighted by molar-refractivity contribution is 5.94. The fourth-order valence-corrected chi connectivity index (χ4v) is 3.73. The van der Waals surface area contributed by atoms with Crippen molar-refractivity contribution in [3.63, 3.8) is 0 Å². The first-order chi connectivity index (χ1) is 15.5. The second-order valence-electron chi connectivity index (χ2n) is 7.70. The van der Waals surface area contributed by atoms with E-state index in [-0.39, 0.29) is 34.5 Å².